The third-order valence-electron chi connectivity index (χ3n) is 4.73. The zero-order valence-corrected chi connectivity index (χ0v) is 15.6. The van der Waals surface area contributed by atoms with Gasteiger partial charge >= 0.3 is 5.97 Å². The molecule has 1 aromatic heterocycles. The monoisotopic (exact) mass is 394 g/mol. The number of likely N-dealkylation sites (tertiary alicyclic amines) is 1. The molecule has 0 radical (unpaired) electrons. The molecule has 0 unspecified atom stereocenters. The molecule has 1 aliphatic rings. The van der Waals surface area contributed by atoms with Gasteiger partial charge in [-0.25, -0.2) is 14.2 Å². The molecule has 1 amide bonds. The zero-order valence-electron chi connectivity index (χ0n) is 15.6. The second-order valence-corrected chi connectivity index (χ2v) is 6.84. The van der Waals surface area contributed by atoms with Crippen molar-refractivity contribution < 1.29 is 23.1 Å². The molecular weight excluding hydrogens is 375 g/mol. The molecule has 4 rings (SSSR count). The Balaban J connectivity index is 1.32. The summed E-state index contributed by atoms with van der Waals surface area (Å²) in [6.07, 6.45) is 2.91. The van der Waals surface area contributed by atoms with E-state index in [1.54, 1.807) is 24.3 Å². The summed E-state index contributed by atoms with van der Waals surface area (Å²) in [4.78, 5) is 30.0. The van der Waals surface area contributed by atoms with Crippen LogP contribution in [0.4, 0.5) is 4.39 Å². The maximum atomic E-state index is 13.0. The van der Waals surface area contributed by atoms with Gasteiger partial charge in [-0.1, -0.05) is 12.1 Å². The number of hydrogen-bond acceptors (Lipinski definition) is 5. The fourth-order valence-corrected chi connectivity index (χ4v) is 3.16. The average molecular weight is 394 g/mol. The topological polar surface area (TPSA) is 72.6 Å². The zero-order chi connectivity index (χ0) is 20.2. The van der Waals surface area contributed by atoms with Gasteiger partial charge in [0.05, 0.1) is 5.56 Å². The Labute approximate surface area is 166 Å². The number of carbonyl (C=O) groups is 2. The molecule has 1 saturated heterocycles. The molecule has 0 spiro atoms. The first-order chi connectivity index (χ1) is 14.1. The van der Waals surface area contributed by atoms with E-state index in [0.29, 0.717) is 35.7 Å². The van der Waals surface area contributed by atoms with E-state index in [1.165, 1.54) is 18.4 Å². The lowest BCUT2D eigenvalue weighted by Gasteiger charge is -2.15. The van der Waals surface area contributed by atoms with Crippen LogP contribution in [0, 0.1) is 5.82 Å². The largest absolute Gasteiger partial charge is 0.455 e. The molecule has 3 aromatic rings. The lowest BCUT2D eigenvalue weighted by Crippen LogP contribution is -2.23. The van der Waals surface area contributed by atoms with Gasteiger partial charge in [-0.3, -0.25) is 4.79 Å². The first kappa shape index (κ1) is 18.9. The molecule has 0 bridgehead atoms. The lowest BCUT2D eigenvalue weighted by molar-refractivity contribution is -0.128. The smallest absolute Gasteiger partial charge is 0.338 e. The Morgan fingerprint density at radius 1 is 1.14 bits per heavy atom. The number of esters is 1. The second-order valence-electron chi connectivity index (χ2n) is 6.84. The number of oxazole rings is 1. The molecule has 1 fully saturated rings. The molecule has 6 nitrogen and oxygen atoms in total. The van der Waals surface area contributed by atoms with Crippen molar-refractivity contribution in [2.45, 2.75) is 26.0 Å². The molecule has 29 heavy (non-hydrogen) atoms. The highest BCUT2D eigenvalue weighted by molar-refractivity contribution is 5.89. The molecule has 1 aliphatic heterocycles. The molecule has 2 heterocycles. The van der Waals surface area contributed by atoms with Crippen LogP contribution in [0.1, 0.15) is 34.5 Å². The SMILES string of the molecule is O=C(OCc1coc(-c2ccc(F)cc2)n1)c1ccc(CN2CCCC2=O)cc1. The highest BCUT2D eigenvalue weighted by Gasteiger charge is 2.20. The van der Waals surface area contributed by atoms with E-state index in [-0.39, 0.29) is 18.3 Å². The summed E-state index contributed by atoms with van der Waals surface area (Å²) in [7, 11) is 0. The molecule has 0 atom stereocenters. The van der Waals surface area contributed by atoms with Crippen LogP contribution in [-0.4, -0.2) is 28.3 Å². The molecule has 0 saturated carbocycles. The molecule has 2 aromatic carbocycles. The third-order valence-corrected chi connectivity index (χ3v) is 4.73. The number of aromatic nitrogens is 1. The van der Waals surface area contributed by atoms with E-state index in [1.807, 2.05) is 17.0 Å². The molecule has 148 valence electrons. The van der Waals surface area contributed by atoms with Crippen molar-refractivity contribution in [2.24, 2.45) is 0 Å². The van der Waals surface area contributed by atoms with Crippen LogP contribution in [0.25, 0.3) is 11.5 Å². The Kier molecular flexibility index (Phi) is 5.37. The van der Waals surface area contributed by atoms with Gasteiger partial charge in [0.25, 0.3) is 0 Å². The number of hydrogen-bond donors (Lipinski definition) is 0. The molecular formula is C22H19FN2O4. The van der Waals surface area contributed by atoms with Gasteiger partial charge in [0.2, 0.25) is 11.8 Å². The standard InChI is InChI=1S/C22H19FN2O4/c23-18-9-7-16(8-10-18)21-24-19(13-28-21)14-29-22(27)17-5-3-15(4-6-17)12-25-11-1-2-20(25)26/h3-10,13H,1-2,11-12,14H2. The Hall–Kier alpha value is -3.48. The Morgan fingerprint density at radius 3 is 2.59 bits per heavy atom. The van der Waals surface area contributed by atoms with Gasteiger partial charge in [-0.2, -0.15) is 0 Å². The summed E-state index contributed by atoms with van der Waals surface area (Å²) in [5.41, 5.74) is 2.49. The van der Waals surface area contributed by atoms with E-state index < -0.39 is 5.97 Å². The summed E-state index contributed by atoms with van der Waals surface area (Å²) < 4.78 is 23.6. The fraction of sp³-hybridized carbons (Fsp3) is 0.227. The minimum atomic E-state index is -0.472. The Bertz CT molecular complexity index is 1010. The van der Waals surface area contributed by atoms with Crippen LogP contribution in [0.2, 0.25) is 0 Å². The number of nitrogens with zero attached hydrogens (tertiary/aromatic N) is 2. The first-order valence-corrected chi connectivity index (χ1v) is 9.33. The van der Waals surface area contributed by atoms with E-state index >= 15 is 0 Å². The van der Waals surface area contributed by atoms with Crippen molar-refractivity contribution in [2.75, 3.05) is 6.54 Å². The summed E-state index contributed by atoms with van der Waals surface area (Å²) in [6.45, 7) is 1.30. The van der Waals surface area contributed by atoms with E-state index in [9.17, 15) is 14.0 Å². The van der Waals surface area contributed by atoms with Crippen molar-refractivity contribution in [1.82, 2.24) is 9.88 Å². The number of ether oxygens (including phenoxy) is 1. The van der Waals surface area contributed by atoms with Crippen molar-refractivity contribution in [3.63, 3.8) is 0 Å². The maximum absolute atomic E-state index is 13.0. The highest BCUT2D eigenvalue weighted by atomic mass is 19.1. The van der Waals surface area contributed by atoms with Crippen LogP contribution in [0.3, 0.4) is 0 Å². The van der Waals surface area contributed by atoms with Crippen LogP contribution in [-0.2, 0) is 22.7 Å². The van der Waals surface area contributed by atoms with Crippen LogP contribution < -0.4 is 0 Å². The van der Waals surface area contributed by atoms with Gasteiger partial charge in [-0.15, -0.1) is 0 Å². The minimum Gasteiger partial charge on any atom is -0.455 e. The average Bonchev–Trinajstić information content (AvgIpc) is 3.37. The number of amides is 1. The highest BCUT2D eigenvalue weighted by Crippen LogP contribution is 2.20. The van der Waals surface area contributed by atoms with Crippen molar-refractivity contribution in [3.8, 4) is 11.5 Å². The number of halogens is 1. The number of benzene rings is 2. The van der Waals surface area contributed by atoms with Gasteiger partial charge in [0, 0.05) is 25.1 Å². The second kappa shape index (κ2) is 8.26. The normalized spacial score (nSPS) is 13.7. The van der Waals surface area contributed by atoms with Crippen molar-refractivity contribution >= 4 is 11.9 Å². The maximum Gasteiger partial charge on any atom is 0.338 e. The number of rotatable bonds is 6. The molecule has 0 N–H and O–H groups in total. The van der Waals surface area contributed by atoms with E-state index in [4.69, 9.17) is 9.15 Å². The minimum absolute atomic E-state index is 0.0342. The van der Waals surface area contributed by atoms with Crippen LogP contribution in [0.5, 0.6) is 0 Å². The quantitative estimate of drug-likeness (QED) is 0.592. The summed E-state index contributed by atoms with van der Waals surface area (Å²) >= 11 is 0. The Morgan fingerprint density at radius 2 is 1.90 bits per heavy atom. The van der Waals surface area contributed by atoms with Gasteiger partial charge in [0.15, 0.2) is 0 Å². The number of carbonyl (C=O) groups excluding carboxylic acids is 2. The summed E-state index contributed by atoms with van der Waals surface area (Å²) in [5.74, 6) is -0.314. The van der Waals surface area contributed by atoms with Crippen molar-refractivity contribution in [1.29, 1.82) is 0 Å². The van der Waals surface area contributed by atoms with Crippen molar-refractivity contribution in [3.05, 3.63) is 77.4 Å². The predicted octanol–water partition coefficient (Wildman–Crippen LogP) is 3.96. The van der Waals surface area contributed by atoms with Gasteiger partial charge in [0.1, 0.15) is 24.4 Å². The predicted molar refractivity (Wildman–Crippen MR) is 102 cm³/mol. The summed E-state index contributed by atoms with van der Waals surface area (Å²) in [6, 6.07) is 12.8. The lowest BCUT2D eigenvalue weighted by atomic mass is 10.1. The molecule has 0 aliphatic carbocycles. The summed E-state index contributed by atoms with van der Waals surface area (Å²) in [5, 5.41) is 0. The van der Waals surface area contributed by atoms with E-state index in [2.05, 4.69) is 4.98 Å². The fourth-order valence-electron chi connectivity index (χ4n) is 3.16. The van der Waals surface area contributed by atoms with Crippen LogP contribution >= 0.6 is 0 Å². The van der Waals surface area contributed by atoms with Crippen LogP contribution in [0.15, 0.2) is 59.2 Å². The van der Waals surface area contributed by atoms with E-state index in [0.717, 1.165) is 18.5 Å². The molecule has 7 heteroatoms. The third kappa shape index (κ3) is 4.51. The van der Waals surface area contributed by atoms with Gasteiger partial charge in [-0.05, 0) is 48.4 Å². The van der Waals surface area contributed by atoms with Gasteiger partial charge < -0.3 is 14.1 Å². The first-order valence-electron chi connectivity index (χ1n) is 9.33.